The zero-order valence-electron chi connectivity index (χ0n) is 21.0. The molecule has 0 unspecified atom stereocenters. The van der Waals surface area contributed by atoms with Gasteiger partial charge in [0.1, 0.15) is 15.5 Å². The highest BCUT2D eigenvalue weighted by atomic mass is 35.5. The van der Waals surface area contributed by atoms with Crippen molar-refractivity contribution in [2.24, 2.45) is 10.2 Å². The Kier molecular flexibility index (Phi) is 8.49. The molecule has 4 rings (SSSR count). The van der Waals surface area contributed by atoms with Gasteiger partial charge in [-0.05, 0) is 42.8 Å². The van der Waals surface area contributed by atoms with Crippen molar-refractivity contribution in [3.63, 3.8) is 0 Å². The van der Waals surface area contributed by atoms with Gasteiger partial charge in [-0.3, -0.25) is 23.8 Å². The molecular formula is C22H15Cl2N7O10S2. The molecule has 0 aliphatic heterocycles. The topological polar surface area (TPSA) is 263 Å². The number of carbonyl (C=O) groups is 2. The molecular weight excluding hydrogens is 657 g/mol. The Labute approximate surface area is 250 Å². The summed E-state index contributed by atoms with van der Waals surface area (Å²) < 4.78 is 67.4. The molecule has 0 saturated heterocycles. The minimum absolute atomic E-state index is 0.196. The zero-order valence-corrected chi connectivity index (χ0v) is 24.2. The smallest absolute Gasteiger partial charge is 0.356 e. The number of H-pyrrole nitrogens is 1. The first-order valence-electron chi connectivity index (χ1n) is 11.2. The third-order valence-electron chi connectivity index (χ3n) is 5.55. The van der Waals surface area contributed by atoms with Gasteiger partial charge in [-0.2, -0.15) is 16.8 Å². The molecule has 4 aromatic rings. The van der Waals surface area contributed by atoms with Crippen LogP contribution in [0.1, 0.15) is 26.4 Å². The number of halogens is 2. The average molecular weight is 672 g/mol. The molecule has 224 valence electrons. The van der Waals surface area contributed by atoms with Gasteiger partial charge in [-0.15, -0.1) is 20.4 Å². The molecule has 0 atom stereocenters. The van der Waals surface area contributed by atoms with Gasteiger partial charge in [0, 0.05) is 5.69 Å². The van der Waals surface area contributed by atoms with Crippen LogP contribution in [0.25, 0.3) is 5.69 Å². The molecule has 21 heteroatoms. The number of azo groups is 1. The molecule has 2 aromatic heterocycles. The Morgan fingerprint density at radius 3 is 2.26 bits per heavy atom. The largest absolute Gasteiger partial charge is 0.476 e. The van der Waals surface area contributed by atoms with E-state index in [2.05, 4.69) is 30.8 Å². The molecule has 0 aliphatic carbocycles. The summed E-state index contributed by atoms with van der Waals surface area (Å²) in [5.41, 5.74) is -4.59. The Hall–Kier alpha value is -4.53. The van der Waals surface area contributed by atoms with Crippen LogP contribution in [0.5, 0.6) is 0 Å². The van der Waals surface area contributed by atoms with Crippen molar-refractivity contribution in [1.82, 2.24) is 20.0 Å². The average Bonchev–Trinajstić information content (AvgIpc) is 3.24. The molecule has 0 fully saturated rings. The van der Waals surface area contributed by atoms with E-state index in [0.717, 1.165) is 30.3 Å². The highest BCUT2D eigenvalue weighted by Gasteiger charge is 2.26. The first-order valence-corrected chi connectivity index (χ1v) is 14.8. The van der Waals surface area contributed by atoms with Crippen molar-refractivity contribution in [2.75, 3.05) is 5.32 Å². The van der Waals surface area contributed by atoms with E-state index in [9.17, 15) is 45.4 Å². The van der Waals surface area contributed by atoms with Gasteiger partial charge in [-0.1, -0.05) is 35.3 Å². The Morgan fingerprint density at radius 2 is 1.63 bits per heavy atom. The molecule has 0 saturated carbocycles. The van der Waals surface area contributed by atoms with Crippen molar-refractivity contribution in [2.45, 2.75) is 16.7 Å². The standard InChI is InChI=1S/C22H15Cl2N7O10S2/c1-9-13(6-10(7-15(9)43(39,40)41)25-20(32)11-8-16(23)27-29-19(11)24)31-21(33)17(18(30-31)22(34)35)28-26-12-4-2-3-5-14(12)42(36,37)38/h2-8,30H,1H3,(H,25,32)(H,34,35)(H,36,37,38)(H,39,40,41)/b28-26+. The number of hydrogen-bond donors (Lipinski definition) is 5. The monoisotopic (exact) mass is 671 g/mol. The number of aromatic nitrogens is 4. The number of carboxylic acids is 1. The van der Waals surface area contributed by atoms with Gasteiger partial charge < -0.3 is 10.4 Å². The van der Waals surface area contributed by atoms with Crippen molar-refractivity contribution >= 4 is 72.4 Å². The van der Waals surface area contributed by atoms with E-state index in [1.807, 2.05) is 0 Å². The maximum Gasteiger partial charge on any atom is 0.356 e. The fourth-order valence-electron chi connectivity index (χ4n) is 3.66. The summed E-state index contributed by atoms with van der Waals surface area (Å²) in [4.78, 5) is 36.7. The number of nitrogens with zero attached hydrogens (tertiary/aromatic N) is 5. The van der Waals surface area contributed by atoms with Crippen molar-refractivity contribution in [3.8, 4) is 5.69 Å². The molecule has 17 nitrogen and oxygen atoms in total. The summed E-state index contributed by atoms with van der Waals surface area (Å²) in [5, 5.41) is 27.8. The van der Waals surface area contributed by atoms with Gasteiger partial charge in [0.25, 0.3) is 31.7 Å². The lowest BCUT2D eigenvalue weighted by molar-refractivity contribution is 0.0690. The van der Waals surface area contributed by atoms with E-state index in [0.29, 0.717) is 4.68 Å². The number of nitrogens with one attached hydrogen (secondary N) is 2. The molecule has 5 N–H and O–H groups in total. The van der Waals surface area contributed by atoms with Crippen LogP contribution in [-0.2, 0) is 20.2 Å². The predicted molar refractivity (Wildman–Crippen MR) is 148 cm³/mol. The molecule has 0 spiro atoms. The fourth-order valence-corrected chi connectivity index (χ4v) is 5.37. The molecule has 0 bridgehead atoms. The van der Waals surface area contributed by atoms with Crippen molar-refractivity contribution in [3.05, 3.63) is 79.9 Å². The lowest BCUT2D eigenvalue weighted by atomic mass is 10.1. The van der Waals surface area contributed by atoms with Crippen LogP contribution in [-0.4, -0.2) is 62.9 Å². The van der Waals surface area contributed by atoms with E-state index < -0.39 is 64.5 Å². The first kappa shape index (κ1) is 31.4. The van der Waals surface area contributed by atoms with Crippen LogP contribution >= 0.6 is 23.2 Å². The number of aromatic amines is 1. The quantitative estimate of drug-likeness (QED) is 0.133. The first-order chi connectivity index (χ1) is 20.0. The summed E-state index contributed by atoms with van der Waals surface area (Å²) in [5.74, 6) is -2.67. The highest BCUT2D eigenvalue weighted by Crippen LogP contribution is 2.30. The van der Waals surface area contributed by atoms with Gasteiger partial charge in [0.2, 0.25) is 0 Å². The van der Waals surface area contributed by atoms with Gasteiger partial charge in [0.15, 0.2) is 21.7 Å². The number of benzene rings is 2. The van der Waals surface area contributed by atoms with Crippen LogP contribution in [0.2, 0.25) is 10.3 Å². The number of hydrogen-bond acceptors (Lipinski definition) is 11. The number of aromatic carboxylic acids is 1. The number of rotatable bonds is 8. The highest BCUT2D eigenvalue weighted by molar-refractivity contribution is 7.86. The molecule has 1 amide bonds. The van der Waals surface area contributed by atoms with E-state index in [1.54, 1.807) is 0 Å². The van der Waals surface area contributed by atoms with Crippen LogP contribution in [0.3, 0.4) is 0 Å². The minimum Gasteiger partial charge on any atom is -0.476 e. The Bertz CT molecular complexity index is 2130. The second kappa shape index (κ2) is 11.6. The summed E-state index contributed by atoms with van der Waals surface area (Å²) in [6.07, 6.45) is 0. The summed E-state index contributed by atoms with van der Waals surface area (Å²) >= 11 is 11.6. The lowest BCUT2D eigenvalue weighted by Crippen LogP contribution is -2.19. The maximum atomic E-state index is 13.3. The third-order valence-corrected chi connectivity index (χ3v) is 7.90. The predicted octanol–water partition coefficient (Wildman–Crippen LogP) is 3.43. The van der Waals surface area contributed by atoms with Crippen LogP contribution < -0.4 is 10.9 Å². The third kappa shape index (κ3) is 6.61. The van der Waals surface area contributed by atoms with E-state index >= 15 is 0 Å². The van der Waals surface area contributed by atoms with E-state index in [4.69, 9.17) is 23.2 Å². The van der Waals surface area contributed by atoms with Crippen molar-refractivity contribution < 1.29 is 40.6 Å². The number of amides is 1. The molecule has 0 aliphatic rings. The van der Waals surface area contributed by atoms with Gasteiger partial charge in [0.05, 0.1) is 11.3 Å². The fraction of sp³-hybridized carbons (Fsp3) is 0.0455. The Balaban J connectivity index is 1.90. The van der Waals surface area contributed by atoms with Crippen LogP contribution in [0.15, 0.2) is 67.3 Å². The molecule has 2 heterocycles. The van der Waals surface area contributed by atoms with E-state index in [-0.39, 0.29) is 32.8 Å². The Morgan fingerprint density at radius 1 is 0.977 bits per heavy atom. The van der Waals surface area contributed by atoms with Crippen LogP contribution in [0.4, 0.5) is 17.1 Å². The molecule has 2 aromatic carbocycles. The summed E-state index contributed by atoms with van der Waals surface area (Å²) in [6, 6.07) is 7.68. The van der Waals surface area contributed by atoms with Gasteiger partial charge >= 0.3 is 5.97 Å². The molecule has 0 radical (unpaired) electrons. The maximum absolute atomic E-state index is 13.3. The normalized spacial score (nSPS) is 12.0. The van der Waals surface area contributed by atoms with Crippen molar-refractivity contribution in [1.29, 1.82) is 0 Å². The van der Waals surface area contributed by atoms with Crippen LogP contribution in [0, 0.1) is 6.92 Å². The number of anilines is 1. The minimum atomic E-state index is -4.99. The number of carbonyl (C=O) groups excluding carboxylic acids is 1. The molecule has 43 heavy (non-hydrogen) atoms. The second-order valence-corrected chi connectivity index (χ2v) is 11.9. The number of carboxylic acid groups (broad SMARTS) is 1. The second-order valence-electron chi connectivity index (χ2n) is 8.34. The SMILES string of the molecule is Cc1c(-n2[nH]c(C(=O)O)c(/N=N/c3ccccc3S(=O)(=O)O)c2=O)cc(NC(=O)c2cc(Cl)nnc2Cl)cc1S(=O)(=O)O. The zero-order chi connectivity index (χ0) is 31.9. The van der Waals surface area contributed by atoms with Gasteiger partial charge in [-0.25, -0.2) is 9.48 Å². The summed E-state index contributed by atoms with van der Waals surface area (Å²) in [7, 11) is -9.76. The lowest BCUT2D eigenvalue weighted by Gasteiger charge is -2.14. The summed E-state index contributed by atoms with van der Waals surface area (Å²) in [6.45, 7) is 1.17. The van der Waals surface area contributed by atoms with E-state index in [1.165, 1.54) is 19.1 Å².